The van der Waals surface area contributed by atoms with Gasteiger partial charge in [-0.3, -0.25) is 4.79 Å². The maximum atomic E-state index is 14.2. The summed E-state index contributed by atoms with van der Waals surface area (Å²) in [7, 11) is 1.42. The van der Waals surface area contributed by atoms with Crippen molar-refractivity contribution in [1.82, 2.24) is 14.8 Å². The lowest BCUT2D eigenvalue weighted by Crippen LogP contribution is -2.26. The van der Waals surface area contributed by atoms with Gasteiger partial charge in [0.25, 0.3) is 5.91 Å². The zero-order valence-corrected chi connectivity index (χ0v) is 22.9. The van der Waals surface area contributed by atoms with Crippen LogP contribution >= 0.6 is 0 Å². The van der Waals surface area contributed by atoms with Crippen LogP contribution in [0.4, 0.5) is 27.6 Å². The fourth-order valence-corrected chi connectivity index (χ4v) is 5.60. The van der Waals surface area contributed by atoms with Crippen LogP contribution < -0.4 is 14.4 Å². The summed E-state index contributed by atoms with van der Waals surface area (Å²) in [6.45, 7) is 0. The van der Waals surface area contributed by atoms with Gasteiger partial charge < -0.3 is 19.5 Å². The molecule has 4 aromatic rings. The molecule has 1 unspecified atom stereocenters. The van der Waals surface area contributed by atoms with Crippen LogP contribution in [0.2, 0.25) is 0 Å². The molecule has 9 nitrogen and oxygen atoms in total. The third-order valence-electron chi connectivity index (χ3n) is 7.60. The van der Waals surface area contributed by atoms with Crippen LogP contribution in [-0.2, 0) is 19.0 Å². The quantitative estimate of drug-likeness (QED) is 0.256. The van der Waals surface area contributed by atoms with E-state index >= 15 is 0 Å². The topological polar surface area (TPSA) is 107 Å². The number of carboxylic acid groups (broad SMARTS) is 1. The minimum atomic E-state index is -4.72. The number of benzene rings is 2. The number of anilines is 1. The first-order valence-electron chi connectivity index (χ1n) is 13.5. The Morgan fingerprint density at radius 2 is 1.86 bits per heavy atom. The molecule has 3 heterocycles. The van der Waals surface area contributed by atoms with Crippen LogP contribution in [0.25, 0.3) is 5.69 Å². The number of halogens is 5. The number of carbonyl (C=O) groups is 2. The molecule has 0 saturated carbocycles. The lowest BCUT2D eigenvalue weighted by molar-refractivity contribution is -0.286. The van der Waals surface area contributed by atoms with Gasteiger partial charge in [-0.25, -0.2) is 14.5 Å². The van der Waals surface area contributed by atoms with Gasteiger partial charge in [0.2, 0.25) is 0 Å². The second-order valence-corrected chi connectivity index (χ2v) is 10.5. The van der Waals surface area contributed by atoms with Crippen LogP contribution in [0.5, 0.6) is 11.5 Å². The van der Waals surface area contributed by atoms with Crippen LogP contribution in [0.1, 0.15) is 62.1 Å². The zero-order valence-electron chi connectivity index (χ0n) is 22.9. The highest BCUT2D eigenvalue weighted by Gasteiger charge is 2.44. The molecule has 0 radical (unpaired) electrons. The van der Waals surface area contributed by atoms with E-state index in [9.17, 15) is 31.5 Å². The molecule has 14 heteroatoms. The van der Waals surface area contributed by atoms with Crippen molar-refractivity contribution in [1.29, 1.82) is 0 Å². The average Bonchev–Trinajstić information content (AvgIpc) is 3.53. The number of rotatable bonds is 6. The number of pyridine rings is 1. The van der Waals surface area contributed by atoms with Crippen molar-refractivity contribution in [2.45, 2.75) is 44.1 Å². The van der Waals surface area contributed by atoms with Crippen molar-refractivity contribution in [2.24, 2.45) is 0 Å². The molecule has 2 aliphatic rings. The Morgan fingerprint density at radius 3 is 2.57 bits per heavy atom. The molecule has 1 aliphatic carbocycles. The van der Waals surface area contributed by atoms with Gasteiger partial charge in [-0.05, 0) is 67.6 Å². The SMILES string of the molecule is CN(C(=O)c1cccc(-n2nc(C(F)(F)F)c3c2C(Cc2ccc(C(=O)O)nc2)CCC3)c1)c1ccc2c(c1)OC(F)(F)O2. The number of carbonyl (C=O) groups excluding carboxylic acids is 1. The van der Waals surface area contributed by atoms with Gasteiger partial charge in [0, 0.05) is 42.0 Å². The number of carboxylic acids is 1. The first kappa shape index (κ1) is 29.1. The summed E-state index contributed by atoms with van der Waals surface area (Å²) in [6, 6.07) is 12.8. The number of hydrogen-bond donors (Lipinski definition) is 1. The summed E-state index contributed by atoms with van der Waals surface area (Å²) in [6.07, 6.45) is -5.62. The number of aromatic nitrogens is 3. The van der Waals surface area contributed by atoms with Crippen LogP contribution in [0, 0.1) is 0 Å². The Kier molecular flexibility index (Phi) is 7.01. The summed E-state index contributed by atoms with van der Waals surface area (Å²) >= 11 is 0. The van der Waals surface area contributed by atoms with E-state index < -0.39 is 36.0 Å². The first-order valence-corrected chi connectivity index (χ1v) is 13.5. The number of ether oxygens (including phenoxy) is 2. The fraction of sp³-hybridized carbons (Fsp3) is 0.267. The monoisotopic (exact) mass is 614 g/mol. The fourth-order valence-electron chi connectivity index (χ4n) is 5.60. The van der Waals surface area contributed by atoms with Crippen molar-refractivity contribution < 1.29 is 46.1 Å². The molecule has 1 amide bonds. The molecule has 228 valence electrons. The highest BCUT2D eigenvalue weighted by atomic mass is 19.4. The molecule has 1 atom stereocenters. The minimum absolute atomic E-state index is 0.0786. The maximum Gasteiger partial charge on any atom is 0.586 e. The summed E-state index contributed by atoms with van der Waals surface area (Å²) in [5.74, 6) is -2.58. The summed E-state index contributed by atoms with van der Waals surface area (Å²) in [4.78, 5) is 29.7. The van der Waals surface area contributed by atoms with E-state index in [4.69, 9.17) is 5.11 Å². The maximum absolute atomic E-state index is 14.2. The Bertz CT molecular complexity index is 1770. The molecule has 1 aliphatic heterocycles. The standard InChI is InChI=1S/C30H23F5N4O5/c1-38(19-9-11-23-24(14-19)44-30(34,35)43-23)27(40)18-5-2-6-20(13-18)39-25-17(12-16-8-10-22(28(41)42)36-15-16)4-3-7-21(25)26(37-39)29(31,32)33/h2,5-6,8-11,13-15,17H,3-4,7,12H2,1H3,(H,41,42). The zero-order chi connectivity index (χ0) is 31.4. The number of alkyl halides is 5. The van der Waals surface area contributed by atoms with E-state index in [0.717, 1.165) is 0 Å². The highest BCUT2D eigenvalue weighted by molar-refractivity contribution is 6.06. The lowest BCUT2D eigenvalue weighted by atomic mass is 9.82. The molecule has 1 N–H and O–H groups in total. The van der Waals surface area contributed by atoms with E-state index in [1.807, 2.05) is 0 Å². The van der Waals surface area contributed by atoms with Gasteiger partial charge in [-0.1, -0.05) is 12.1 Å². The molecule has 0 spiro atoms. The molecule has 0 bridgehead atoms. The normalized spacial score (nSPS) is 16.8. The Balaban J connectivity index is 1.34. The number of hydrogen-bond acceptors (Lipinski definition) is 6. The number of nitrogens with zero attached hydrogens (tertiary/aromatic N) is 4. The van der Waals surface area contributed by atoms with Crippen molar-refractivity contribution >= 4 is 17.6 Å². The molecule has 2 aromatic carbocycles. The van der Waals surface area contributed by atoms with Crippen molar-refractivity contribution in [3.63, 3.8) is 0 Å². The number of aromatic carboxylic acids is 1. The average molecular weight is 615 g/mol. The molecular weight excluding hydrogens is 591 g/mol. The van der Waals surface area contributed by atoms with E-state index in [1.54, 1.807) is 12.1 Å². The Labute approximate surface area is 246 Å². The first-order chi connectivity index (χ1) is 20.8. The van der Waals surface area contributed by atoms with E-state index in [2.05, 4.69) is 19.6 Å². The largest absolute Gasteiger partial charge is 0.586 e. The van der Waals surface area contributed by atoms with E-state index in [1.165, 1.54) is 65.3 Å². The molecule has 0 saturated heterocycles. The van der Waals surface area contributed by atoms with Gasteiger partial charge >= 0.3 is 18.4 Å². The van der Waals surface area contributed by atoms with Gasteiger partial charge in [-0.2, -0.15) is 18.3 Å². The van der Waals surface area contributed by atoms with Crippen LogP contribution in [0.15, 0.2) is 60.8 Å². The molecule has 44 heavy (non-hydrogen) atoms. The van der Waals surface area contributed by atoms with E-state index in [0.29, 0.717) is 30.5 Å². The third kappa shape index (κ3) is 5.42. The number of fused-ring (bicyclic) bond motifs is 2. The molecule has 0 fully saturated rings. The van der Waals surface area contributed by atoms with Gasteiger partial charge in [-0.15, -0.1) is 8.78 Å². The smallest absolute Gasteiger partial charge is 0.477 e. The summed E-state index contributed by atoms with van der Waals surface area (Å²) < 4.78 is 79.5. The van der Waals surface area contributed by atoms with Crippen LogP contribution in [0.3, 0.4) is 0 Å². The van der Waals surface area contributed by atoms with Crippen molar-refractivity contribution in [3.05, 3.63) is 94.6 Å². The Hall–Kier alpha value is -5.01. The minimum Gasteiger partial charge on any atom is -0.477 e. The predicted molar refractivity (Wildman–Crippen MR) is 145 cm³/mol. The second-order valence-electron chi connectivity index (χ2n) is 10.5. The molecule has 2 aromatic heterocycles. The predicted octanol–water partition coefficient (Wildman–Crippen LogP) is 6.25. The van der Waals surface area contributed by atoms with Gasteiger partial charge in [0.1, 0.15) is 5.69 Å². The summed E-state index contributed by atoms with van der Waals surface area (Å²) in [5, 5.41) is 13.1. The second kappa shape index (κ2) is 10.6. The summed E-state index contributed by atoms with van der Waals surface area (Å²) in [5.41, 5.74) is 0.518. The Morgan fingerprint density at radius 1 is 1.09 bits per heavy atom. The van der Waals surface area contributed by atoms with Crippen LogP contribution in [-0.4, -0.2) is 45.1 Å². The van der Waals surface area contributed by atoms with Gasteiger partial charge in [0.05, 0.1) is 11.4 Å². The third-order valence-corrected chi connectivity index (χ3v) is 7.60. The molecule has 6 rings (SSSR count). The highest BCUT2D eigenvalue weighted by Crippen LogP contribution is 2.44. The van der Waals surface area contributed by atoms with Gasteiger partial charge in [0.15, 0.2) is 17.2 Å². The lowest BCUT2D eigenvalue weighted by Gasteiger charge is -2.25. The van der Waals surface area contributed by atoms with Crippen molar-refractivity contribution in [3.8, 4) is 17.2 Å². The van der Waals surface area contributed by atoms with Crippen molar-refractivity contribution in [2.75, 3.05) is 11.9 Å². The number of amides is 1. The molecular formula is C30H23F5N4O5. The van der Waals surface area contributed by atoms with E-state index in [-0.39, 0.29) is 46.1 Å².